The van der Waals surface area contributed by atoms with Crippen LogP contribution in [0.25, 0.3) is 6.08 Å². The van der Waals surface area contributed by atoms with Gasteiger partial charge in [0.1, 0.15) is 12.4 Å². The van der Waals surface area contributed by atoms with Crippen LogP contribution in [0.2, 0.25) is 0 Å². The van der Waals surface area contributed by atoms with Crippen molar-refractivity contribution in [1.29, 1.82) is 5.26 Å². The summed E-state index contributed by atoms with van der Waals surface area (Å²) in [6.45, 7) is 0.510. The van der Waals surface area contributed by atoms with E-state index in [1.54, 1.807) is 6.08 Å². The van der Waals surface area contributed by atoms with Gasteiger partial charge in [0.15, 0.2) is 0 Å². The van der Waals surface area contributed by atoms with E-state index in [2.05, 4.69) is 15.9 Å². The fraction of sp³-hybridized carbons (Fsp3) is 0.0625. The minimum atomic E-state index is 0.510. The Kier molecular flexibility index (Phi) is 4.77. The lowest BCUT2D eigenvalue weighted by Gasteiger charge is -2.09. The Hall–Kier alpha value is -2.05. The molecule has 94 valence electrons. The summed E-state index contributed by atoms with van der Waals surface area (Å²) in [5.41, 5.74) is 1.99. The topological polar surface area (TPSA) is 33.0 Å². The molecule has 2 nitrogen and oxygen atoms in total. The molecule has 0 aliphatic rings. The lowest BCUT2D eigenvalue weighted by Crippen LogP contribution is -1.96. The van der Waals surface area contributed by atoms with Gasteiger partial charge in [0.25, 0.3) is 0 Å². The van der Waals surface area contributed by atoms with Crippen LogP contribution >= 0.6 is 15.9 Å². The summed E-state index contributed by atoms with van der Waals surface area (Å²) in [7, 11) is 0. The highest BCUT2D eigenvalue weighted by Crippen LogP contribution is 2.25. The van der Waals surface area contributed by atoms with Crippen LogP contribution in [0.1, 0.15) is 11.1 Å². The van der Waals surface area contributed by atoms with Crippen molar-refractivity contribution in [3.63, 3.8) is 0 Å². The van der Waals surface area contributed by atoms with E-state index in [-0.39, 0.29) is 0 Å². The van der Waals surface area contributed by atoms with Gasteiger partial charge in [-0.25, -0.2) is 0 Å². The smallest absolute Gasteiger partial charge is 0.127 e. The minimum absolute atomic E-state index is 0.510. The number of ether oxygens (including phenoxy) is 1. The molecule has 0 aliphatic heterocycles. The molecule has 0 unspecified atom stereocenters. The zero-order valence-electron chi connectivity index (χ0n) is 10.2. The molecule has 0 radical (unpaired) electrons. The first-order valence-corrected chi connectivity index (χ1v) is 6.61. The van der Waals surface area contributed by atoms with Crippen molar-refractivity contribution in [2.45, 2.75) is 6.61 Å². The van der Waals surface area contributed by atoms with E-state index in [0.29, 0.717) is 6.61 Å². The zero-order chi connectivity index (χ0) is 13.5. The second-order valence-electron chi connectivity index (χ2n) is 3.92. The van der Waals surface area contributed by atoms with Crippen molar-refractivity contribution in [3.05, 3.63) is 70.2 Å². The van der Waals surface area contributed by atoms with Gasteiger partial charge < -0.3 is 4.74 Å². The average molecular weight is 314 g/mol. The lowest BCUT2D eigenvalue weighted by molar-refractivity contribution is 0.305. The Morgan fingerprint density at radius 3 is 2.68 bits per heavy atom. The van der Waals surface area contributed by atoms with E-state index >= 15 is 0 Å². The maximum absolute atomic E-state index is 8.61. The molecule has 0 N–H and O–H groups in total. The molecule has 0 bridgehead atoms. The molecule has 2 aromatic carbocycles. The highest BCUT2D eigenvalue weighted by atomic mass is 79.9. The monoisotopic (exact) mass is 313 g/mol. The third-order valence-corrected chi connectivity index (χ3v) is 3.04. The van der Waals surface area contributed by atoms with Gasteiger partial charge >= 0.3 is 0 Å². The molecule has 0 heterocycles. The number of nitriles is 1. The van der Waals surface area contributed by atoms with E-state index in [1.807, 2.05) is 54.6 Å². The van der Waals surface area contributed by atoms with Crippen LogP contribution in [0.3, 0.4) is 0 Å². The van der Waals surface area contributed by atoms with Crippen molar-refractivity contribution < 1.29 is 4.74 Å². The molecule has 0 saturated carbocycles. The van der Waals surface area contributed by atoms with Crippen LogP contribution in [0.15, 0.2) is 59.1 Å². The van der Waals surface area contributed by atoms with Gasteiger partial charge in [0.2, 0.25) is 0 Å². The number of nitrogens with zero attached hydrogens (tertiary/aromatic N) is 1. The van der Waals surface area contributed by atoms with Crippen LogP contribution in [0.4, 0.5) is 0 Å². The van der Waals surface area contributed by atoms with Crippen LogP contribution in [-0.4, -0.2) is 0 Å². The summed E-state index contributed by atoms with van der Waals surface area (Å²) >= 11 is 3.41. The Morgan fingerprint density at radius 1 is 1.16 bits per heavy atom. The number of hydrogen-bond acceptors (Lipinski definition) is 2. The first kappa shape index (κ1) is 13.4. The van der Waals surface area contributed by atoms with Crippen molar-refractivity contribution in [1.82, 2.24) is 0 Å². The minimum Gasteiger partial charge on any atom is -0.488 e. The van der Waals surface area contributed by atoms with Gasteiger partial charge in [-0.15, -0.1) is 0 Å². The summed E-state index contributed by atoms with van der Waals surface area (Å²) in [5.74, 6) is 0.763. The Labute approximate surface area is 121 Å². The van der Waals surface area contributed by atoms with Crippen LogP contribution in [0.5, 0.6) is 5.75 Å². The number of allylic oxidation sites excluding steroid dienone is 1. The largest absolute Gasteiger partial charge is 0.488 e. The number of hydrogen-bond donors (Lipinski definition) is 0. The van der Waals surface area contributed by atoms with Gasteiger partial charge in [-0.2, -0.15) is 5.26 Å². The first-order chi connectivity index (χ1) is 9.29. The van der Waals surface area contributed by atoms with E-state index in [1.165, 1.54) is 6.08 Å². The second-order valence-corrected chi connectivity index (χ2v) is 4.83. The van der Waals surface area contributed by atoms with Gasteiger partial charge in [-0.1, -0.05) is 46.3 Å². The van der Waals surface area contributed by atoms with Crippen molar-refractivity contribution in [2.75, 3.05) is 0 Å². The predicted octanol–water partition coefficient (Wildman–Crippen LogP) is 4.56. The van der Waals surface area contributed by atoms with E-state index in [0.717, 1.165) is 21.3 Å². The van der Waals surface area contributed by atoms with Gasteiger partial charge in [0.05, 0.1) is 6.07 Å². The molecular formula is C16H12BrNO. The predicted molar refractivity (Wildman–Crippen MR) is 79.6 cm³/mol. The first-order valence-electron chi connectivity index (χ1n) is 5.82. The molecule has 3 heteroatoms. The second kappa shape index (κ2) is 6.77. The molecule has 0 aliphatic carbocycles. The number of rotatable bonds is 4. The number of benzene rings is 2. The molecule has 2 aromatic rings. The van der Waals surface area contributed by atoms with Crippen molar-refractivity contribution in [2.24, 2.45) is 0 Å². The molecule has 0 saturated heterocycles. The van der Waals surface area contributed by atoms with Crippen LogP contribution in [-0.2, 0) is 6.61 Å². The van der Waals surface area contributed by atoms with Crippen LogP contribution < -0.4 is 4.74 Å². The fourth-order valence-electron chi connectivity index (χ4n) is 1.64. The summed E-state index contributed by atoms with van der Waals surface area (Å²) in [6, 6.07) is 17.7. The quantitative estimate of drug-likeness (QED) is 0.775. The molecule has 0 fully saturated rings. The summed E-state index contributed by atoms with van der Waals surface area (Å²) < 4.78 is 6.75. The third-order valence-electron chi connectivity index (χ3n) is 2.55. The lowest BCUT2D eigenvalue weighted by atomic mass is 10.2. The van der Waals surface area contributed by atoms with E-state index in [9.17, 15) is 0 Å². The van der Waals surface area contributed by atoms with Crippen molar-refractivity contribution >= 4 is 22.0 Å². The normalized spacial score (nSPS) is 10.3. The maximum atomic E-state index is 8.61. The highest BCUT2D eigenvalue weighted by Gasteiger charge is 2.02. The summed E-state index contributed by atoms with van der Waals surface area (Å²) in [6.07, 6.45) is 3.18. The van der Waals surface area contributed by atoms with Gasteiger partial charge in [-0.05, 0) is 29.8 Å². The molecule has 0 amide bonds. The molecule has 2 rings (SSSR count). The highest BCUT2D eigenvalue weighted by molar-refractivity contribution is 9.10. The van der Waals surface area contributed by atoms with E-state index in [4.69, 9.17) is 10.00 Å². The van der Waals surface area contributed by atoms with E-state index < -0.39 is 0 Å². The Morgan fingerprint density at radius 2 is 1.95 bits per heavy atom. The number of halogens is 1. The summed E-state index contributed by atoms with van der Waals surface area (Å²) in [4.78, 5) is 0. The summed E-state index contributed by atoms with van der Waals surface area (Å²) in [5, 5.41) is 8.61. The van der Waals surface area contributed by atoms with Crippen LogP contribution in [0, 0.1) is 11.3 Å². The Balaban J connectivity index is 2.16. The molecule has 0 atom stereocenters. The molecule has 0 aromatic heterocycles. The Bertz CT molecular complexity index is 614. The average Bonchev–Trinajstić information content (AvgIpc) is 2.45. The van der Waals surface area contributed by atoms with Crippen molar-refractivity contribution in [3.8, 4) is 11.8 Å². The fourth-order valence-corrected chi connectivity index (χ4v) is 2.02. The molecule has 19 heavy (non-hydrogen) atoms. The molecule has 0 spiro atoms. The standard InChI is InChI=1S/C16H12BrNO/c17-15-8-9-16(14(11-15)7-4-10-18)19-12-13-5-2-1-3-6-13/h1-9,11H,12H2. The SMILES string of the molecule is N#CC=Cc1cc(Br)ccc1OCc1ccccc1. The maximum Gasteiger partial charge on any atom is 0.127 e. The molecular weight excluding hydrogens is 302 g/mol. The zero-order valence-corrected chi connectivity index (χ0v) is 11.8. The van der Waals surface area contributed by atoms with Gasteiger partial charge in [-0.3, -0.25) is 0 Å². The third kappa shape index (κ3) is 3.97. The van der Waals surface area contributed by atoms with Gasteiger partial charge in [0, 0.05) is 16.1 Å².